The molecule has 0 saturated carbocycles. The Morgan fingerprint density at radius 2 is 1.88 bits per heavy atom. The number of carbonyl (C=O) groups is 2. The third-order valence-electron chi connectivity index (χ3n) is 3.16. The van der Waals surface area contributed by atoms with Gasteiger partial charge in [-0.05, 0) is 35.9 Å². The Hall–Kier alpha value is -3.06. The Bertz CT molecular complexity index is 801. The highest BCUT2D eigenvalue weighted by Gasteiger charge is 2.08. The average Bonchev–Trinajstić information content (AvgIpc) is 2.66. The number of amides is 1. The first-order valence-corrected chi connectivity index (χ1v) is 7.88. The molecule has 2 aromatic rings. The molecule has 1 heterocycles. The summed E-state index contributed by atoms with van der Waals surface area (Å²) < 4.78 is 15.2. The van der Waals surface area contributed by atoms with Crippen LogP contribution in [0.25, 0.3) is 6.08 Å². The number of nitrogens with zero attached hydrogens (tertiary/aromatic N) is 1. The maximum absolute atomic E-state index is 11.8. The first-order valence-electron chi connectivity index (χ1n) is 7.50. The van der Waals surface area contributed by atoms with Gasteiger partial charge in [-0.25, -0.2) is 9.78 Å². The molecule has 0 unspecified atom stereocenters. The third-order valence-corrected chi connectivity index (χ3v) is 3.47. The highest BCUT2D eigenvalue weighted by molar-refractivity contribution is 6.32. The van der Waals surface area contributed by atoms with Gasteiger partial charge in [0, 0.05) is 18.3 Å². The Labute approximate surface area is 155 Å². The minimum Gasteiger partial charge on any atom is -0.497 e. The molecule has 1 amide bonds. The fraction of sp³-hybridized carbons (Fsp3) is 0.167. The van der Waals surface area contributed by atoms with Gasteiger partial charge >= 0.3 is 5.97 Å². The Kier molecular flexibility index (Phi) is 6.99. The van der Waals surface area contributed by atoms with Crippen molar-refractivity contribution in [1.29, 1.82) is 0 Å². The van der Waals surface area contributed by atoms with Gasteiger partial charge in [0.1, 0.15) is 11.5 Å². The van der Waals surface area contributed by atoms with E-state index in [1.54, 1.807) is 30.3 Å². The number of anilines is 1. The summed E-state index contributed by atoms with van der Waals surface area (Å²) in [6, 6.07) is 8.38. The maximum Gasteiger partial charge on any atom is 0.331 e. The van der Waals surface area contributed by atoms with Crippen LogP contribution in [0.4, 0.5) is 5.69 Å². The number of aromatic nitrogens is 1. The van der Waals surface area contributed by atoms with E-state index in [2.05, 4.69) is 10.3 Å². The molecule has 1 aromatic heterocycles. The van der Waals surface area contributed by atoms with Crippen LogP contribution in [0, 0.1) is 0 Å². The van der Waals surface area contributed by atoms with E-state index in [0.29, 0.717) is 22.7 Å². The second kappa shape index (κ2) is 9.43. The molecule has 0 fully saturated rings. The number of methoxy groups -OCH3 is 2. The van der Waals surface area contributed by atoms with Gasteiger partial charge in [-0.2, -0.15) is 0 Å². The number of carbonyl (C=O) groups excluding carboxylic acids is 2. The van der Waals surface area contributed by atoms with E-state index in [0.717, 1.165) is 0 Å². The molecule has 0 aliphatic carbocycles. The van der Waals surface area contributed by atoms with Crippen LogP contribution in [0.15, 0.2) is 42.6 Å². The molecular formula is C18H17ClN2O5. The topological polar surface area (TPSA) is 86.8 Å². The molecule has 0 atom stereocenters. The van der Waals surface area contributed by atoms with Crippen molar-refractivity contribution in [3.8, 4) is 11.5 Å². The van der Waals surface area contributed by atoms with Crippen molar-refractivity contribution in [3.05, 3.63) is 53.3 Å². The molecule has 26 heavy (non-hydrogen) atoms. The van der Waals surface area contributed by atoms with Crippen molar-refractivity contribution >= 4 is 35.2 Å². The highest BCUT2D eigenvalue weighted by atomic mass is 35.5. The van der Waals surface area contributed by atoms with Crippen molar-refractivity contribution in [2.45, 2.75) is 0 Å². The van der Waals surface area contributed by atoms with Gasteiger partial charge in [0.25, 0.3) is 5.91 Å². The average molecular weight is 377 g/mol. The number of nitrogens with one attached hydrogen (secondary N) is 1. The molecule has 0 saturated heterocycles. The number of esters is 1. The predicted octanol–water partition coefficient (Wildman–Crippen LogP) is 2.95. The number of benzene rings is 1. The Balaban J connectivity index is 1.89. The smallest absolute Gasteiger partial charge is 0.331 e. The summed E-state index contributed by atoms with van der Waals surface area (Å²) in [7, 11) is 3.06. The van der Waals surface area contributed by atoms with E-state index < -0.39 is 18.5 Å². The summed E-state index contributed by atoms with van der Waals surface area (Å²) in [5.74, 6) is -0.0147. The quantitative estimate of drug-likeness (QED) is 0.454. The lowest BCUT2D eigenvalue weighted by Gasteiger charge is -2.06. The summed E-state index contributed by atoms with van der Waals surface area (Å²) in [5, 5.41) is 2.65. The van der Waals surface area contributed by atoms with Crippen LogP contribution in [-0.4, -0.2) is 37.7 Å². The molecular weight excluding hydrogens is 360 g/mol. The number of ether oxygens (including phenoxy) is 3. The van der Waals surface area contributed by atoms with E-state index in [4.69, 9.17) is 25.8 Å². The minimum absolute atomic E-state index is 0.152. The lowest BCUT2D eigenvalue weighted by Crippen LogP contribution is -2.20. The highest BCUT2D eigenvalue weighted by Crippen LogP contribution is 2.23. The van der Waals surface area contributed by atoms with Gasteiger partial charge in [0.05, 0.1) is 19.9 Å². The van der Waals surface area contributed by atoms with Crippen LogP contribution in [0.1, 0.15) is 5.56 Å². The van der Waals surface area contributed by atoms with Crippen LogP contribution in [0.3, 0.4) is 0 Å². The van der Waals surface area contributed by atoms with Crippen molar-refractivity contribution in [2.75, 3.05) is 26.1 Å². The zero-order valence-electron chi connectivity index (χ0n) is 14.2. The first-order chi connectivity index (χ1) is 12.5. The number of halogens is 1. The molecule has 0 radical (unpaired) electrons. The predicted molar refractivity (Wildman–Crippen MR) is 97.4 cm³/mol. The van der Waals surface area contributed by atoms with Gasteiger partial charge in [-0.15, -0.1) is 0 Å². The number of rotatable bonds is 7. The van der Waals surface area contributed by atoms with Gasteiger partial charge in [0.15, 0.2) is 11.8 Å². The molecule has 0 spiro atoms. The number of pyridine rings is 1. The molecule has 7 nitrogen and oxygen atoms in total. The second-order valence-electron chi connectivity index (χ2n) is 4.98. The van der Waals surface area contributed by atoms with Crippen molar-refractivity contribution in [1.82, 2.24) is 4.98 Å². The van der Waals surface area contributed by atoms with E-state index >= 15 is 0 Å². The third kappa shape index (κ3) is 5.78. The normalized spacial score (nSPS) is 10.4. The van der Waals surface area contributed by atoms with Crippen molar-refractivity contribution < 1.29 is 23.8 Å². The summed E-state index contributed by atoms with van der Waals surface area (Å²) in [6.45, 7) is -0.449. The monoisotopic (exact) mass is 376 g/mol. The number of hydrogen-bond acceptors (Lipinski definition) is 6. The summed E-state index contributed by atoms with van der Waals surface area (Å²) >= 11 is 5.83. The van der Waals surface area contributed by atoms with Crippen molar-refractivity contribution in [3.63, 3.8) is 0 Å². The van der Waals surface area contributed by atoms with E-state index in [1.165, 1.54) is 32.6 Å². The van der Waals surface area contributed by atoms with Crippen molar-refractivity contribution in [2.24, 2.45) is 0 Å². The molecule has 1 N–H and O–H groups in total. The molecule has 0 aliphatic rings. The zero-order chi connectivity index (χ0) is 18.9. The van der Waals surface area contributed by atoms with Crippen LogP contribution < -0.4 is 14.8 Å². The molecule has 136 valence electrons. The van der Waals surface area contributed by atoms with Crippen LogP contribution >= 0.6 is 11.6 Å². The summed E-state index contributed by atoms with van der Waals surface area (Å²) in [4.78, 5) is 27.4. The number of hydrogen-bond donors (Lipinski definition) is 1. The lowest BCUT2D eigenvalue weighted by atomic mass is 10.2. The fourth-order valence-corrected chi connectivity index (χ4v) is 2.11. The molecule has 1 aromatic carbocycles. The van der Waals surface area contributed by atoms with E-state index in [1.807, 2.05) is 0 Å². The second-order valence-corrected chi connectivity index (χ2v) is 5.34. The molecule has 0 aliphatic heterocycles. The van der Waals surface area contributed by atoms with Gasteiger partial charge < -0.3 is 19.5 Å². The van der Waals surface area contributed by atoms with Crippen LogP contribution in [-0.2, 0) is 14.3 Å². The van der Waals surface area contributed by atoms with Gasteiger partial charge in [-0.1, -0.05) is 11.6 Å². The zero-order valence-corrected chi connectivity index (χ0v) is 14.9. The van der Waals surface area contributed by atoms with Crippen LogP contribution in [0.2, 0.25) is 5.15 Å². The van der Waals surface area contributed by atoms with E-state index in [-0.39, 0.29) is 5.15 Å². The van der Waals surface area contributed by atoms with E-state index in [9.17, 15) is 9.59 Å². The SMILES string of the molecule is COc1cc(/C=C/C(=O)OCC(=O)Nc2cccnc2Cl)cc(OC)c1. The van der Waals surface area contributed by atoms with Gasteiger partial charge in [-0.3, -0.25) is 4.79 Å². The minimum atomic E-state index is -0.667. The first kappa shape index (κ1) is 19.3. The fourth-order valence-electron chi connectivity index (χ4n) is 1.94. The maximum atomic E-state index is 11.8. The lowest BCUT2D eigenvalue weighted by molar-refractivity contribution is -0.142. The Morgan fingerprint density at radius 3 is 2.50 bits per heavy atom. The summed E-state index contributed by atoms with van der Waals surface area (Å²) in [5.41, 5.74) is 1.03. The van der Waals surface area contributed by atoms with Crippen LogP contribution in [0.5, 0.6) is 11.5 Å². The molecule has 8 heteroatoms. The molecule has 0 bridgehead atoms. The standard InChI is InChI=1S/C18H17ClN2O5/c1-24-13-8-12(9-14(10-13)25-2)5-6-17(23)26-11-16(22)21-15-4-3-7-20-18(15)19/h3-10H,11H2,1-2H3,(H,21,22)/b6-5+. The largest absolute Gasteiger partial charge is 0.497 e. The molecule has 2 rings (SSSR count). The summed E-state index contributed by atoms with van der Waals surface area (Å²) in [6.07, 6.45) is 4.23. The van der Waals surface area contributed by atoms with Gasteiger partial charge in [0.2, 0.25) is 0 Å². The Morgan fingerprint density at radius 1 is 1.19 bits per heavy atom.